The molecule has 2 heterocycles. The fourth-order valence-corrected chi connectivity index (χ4v) is 2.57. The maximum absolute atomic E-state index is 12.7. The van der Waals surface area contributed by atoms with Crippen molar-refractivity contribution in [3.63, 3.8) is 0 Å². The second kappa shape index (κ2) is 9.59. The smallest absolute Gasteiger partial charge is 0.422 e. The van der Waals surface area contributed by atoms with Gasteiger partial charge in [0.1, 0.15) is 5.82 Å². The van der Waals surface area contributed by atoms with Gasteiger partial charge in [-0.2, -0.15) is 13.2 Å². The first-order valence-corrected chi connectivity index (χ1v) is 9.34. The Hall–Kier alpha value is -3.11. The quantitative estimate of drug-likeness (QED) is 0.588. The zero-order valence-corrected chi connectivity index (χ0v) is 16.9. The molecule has 1 atom stereocenters. The van der Waals surface area contributed by atoms with Gasteiger partial charge in [0.2, 0.25) is 11.8 Å². The molecule has 1 aliphatic heterocycles. The van der Waals surface area contributed by atoms with Gasteiger partial charge in [-0.3, -0.25) is 14.6 Å². The Kier molecular flexibility index (Phi) is 7.41. The highest BCUT2D eigenvalue weighted by Gasteiger charge is 2.34. The van der Waals surface area contributed by atoms with Gasteiger partial charge in [0.05, 0.1) is 6.20 Å². The monoisotopic (exact) mass is 427 g/mol. The van der Waals surface area contributed by atoms with Crippen molar-refractivity contribution in [2.45, 2.75) is 51.9 Å². The number of aromatic nitrogens is 1. The molecule has 1 unspecified atom stereocenters. The molecule has 2 rings (SSSR count). The Morgan fingerprint density at radius 3 is 2.67 bits per heavy atom. The Balaban J connectivity index is 1.99. The second-order valence-corrected chi connectivity index (χ2v) is 6.80. The number of pyridine rings is 1. The van der Waals surface area contributed by atoms with Crippen LogP contribution in [0.5, 0.6) is 5.88 Å². The molecule has 0 fully saturated rings. The van der Waals surface area contributed by atoms with Gasteiger partial charge in [-0.05, 0) is 25.0 Å². The summed E-state index contributed by atoms with van der Waals surface area (Å²) in [6.45, 7) is 3.75. The number of nitrogens with zero attached hydrogens (tertiary/aromatic N) is 2. The fourth-order valence-electron chi connectivity index (χ4n) is 2.57. The maximum Gasteiger partial charge on any atom is 0.422 e. The number of ether oxygens (including phenoxy) is 1. The molecular formula is C19H24F3N5O3. The minimum atomic E-state index is -4.45. The molecule has 0 saturated carbocycles. The van der Waals surface area contributed by atoms with E-state index in [2.05, 4.69) is 25.9 Å². The summed E-state index contributed by atoms with van der Waals surface area (Å²) in [6, 6.07) is 1.64. The van der Waals surface area contributed by atoms with Crippen molar-refractivity contribution >= 4 is 18.0 Å². The summed E-state index contributed by atoms with van der Waals surface area (Å²) in [5.74, 6) is -0.403. The molecule has 3 N–H and O–H groups in total. The van der Waals surface area contributed by atoms with E-state index >= 15 is 0 Å². The number of amides is 2. The number of carbonyl (C=O) groups excluding carboxylic acids is 2. The predicted molar refractivity (Wildman–Crippen MR) is 104 cm³/mol. The zero-order chi connectivity index (χ0) is 22.4. The minimum Gasteiger partial charge on any atom is -0.468 e. The Bertz CT molecular complexity index is 854. The van der Waals surface area contributed by atoms with Crippen LogP contribution in [0, 0.1) is 0 Å². The van der Waals surface area contributed by atoms with Crippen LogP contribution in [-0.4, -0.2) is 41.3 Å². The first-order chi connectivity index (χ1) is 14.1. The number of rotatable bonds is 8. The van der Waals surface area contributed by atoms with Gasteiger partial charge in [-0.15, -0.1) is 0 Å². The SMILES string of the molecule is CCC(=O)NC1=CN=CC(C)(C(=O)NCc2cnc(OCC(F)(F)F)c(CC)c2)N1. The summed E-state index contributed by atoms with van der Waals surface area (Å²) < 4.78 is 41.8. The molecule has 0 radical (unpaired) electrons. The van der Waals surface area contributed by atoms with Gasteiger partial charge in [0.25, 0.3) is 5.91 Å². The second-order valence-electron chi connectivity index (χ2n) is 6.80. The lowest BCUT2D eigenvalue weighted by molar-refractivity contribution is -0.154. The number of hydrogen-bond donors (Lipinski definition) is 3. The minimum absolute atomic E-state index is 0.0839. The van der Waals surface area contributed by atoms with E-state index in [9.17, 15) is 22.8 Å². The molecular weight excluding hydrogens is 403 g/mol. The zero-order valence-electron chi connectivity index (χ0n) is 16.9. The summed E-state index contributed by atoms with van der Waals surface area (Å²) in [5, 5.41) is 8.26. The average Bonchev–Trinajstić information content (AvgIpc) is 2.69. The molecule has 11 heteroatoms. The average molecular weight is 427 g/mol. The lowest BCUT2D eigenvalue weighted by Crippen LogP contribution is -2.58. The third kappa shape index (κ3) is 6.46. The topological polar surface area (TPSA) is 105 Å². The number of nitrogens with one attached hydrogen (secondary N) is 3. The van der Waals surface area contributed by atoms with E-state index in [1.54, 1.807) is 26.8 Å². The van der Waals surface area contributed by atoms with Crippen molar-refractivity contribution in [3.05, 3.63) is 35.4 Å². The van der Waals surface area contributed by atoms with Crippen molar-refractivity contribution in [2.24, 2.45) is 4.99 Å². The molecule has 1 aromatic heterocycles. The van der Waals surface area contributed by atoms with E-state index < -0.39 is 24.2 Å². The van der Waals surface area contributed by atoms with E-state index in [1.807, 2.05) is 0 Å². The van der Waals surface area contributed by atoms with Gasteiger partial charge in [0, 0.05) is 30.9 Å². The van der Waals surface area contributed by atoms with E-state index in [0.29, 0.717) is 23.4 Å². The number of hydrogen-bond acceptors (Lipinski definition) is 6. The van der Waals surface area contributed by atoms with Crippen LogP contribution in [0.25, 0.3) is 0 Å². The van der Waals surface area contributed by atoms with Crippen LogP contribution in [0.2, 0.25) is 0 Å². The Morgan fingerprint density at radius 1 is 1.30 bits per heavy atom. The lowest BCUT2D eigenvalue weighted by Gasteiger charge is -2.30. The summed E-state index contributed by atoms with van der Waals surface area (Å²) in [5.41, 5.74) is -0.0879. The molecule has 164 valence electrons. The van der Waals surface area contributed by atoms with Gasteiger partial charge in [0.15, 0.2) is 12.1 Å². The van der Waals surface area contributed by atoms with Crippen molar-refractivity contribution in [1.82, 2.24) is 20.9 Å². The lowest BCUT2D eigenvalue weighted by atomic mass is 10.0. The van der Waals surface area contributed by atoms with Crippen molar-refractivity contribution in [3.8, 4) is 5.88 Å². The first-order valence-electron chi connectivity index (χ1n) is 9.34. The molecule has 0 aliphatic carbocycles. The summed E-state index contributed by atoms with van der Waals surface area (Å²) in [7, 11) is 0. The van der Waals surface area contributed by atoms with Crippen molar-refractivity contribution < 1.29 is 27.5 Å². The van der Waals surface area contributed by atoms with Gasteiger partial charge < -0.3 is 20.7 Å². The summed E-state index contributed by atoms with van der Waals surface area (Å²) in [6.07, 6.45) is 0.406. The van der Waals surface area contributed by atoms with Crippen molar-refractivity contribution in [1.29, 1.82) is 0 Å². The fraction of sp³-hybridized carbons (Fsp3) is 0.474. The maximum atomic E-state index is 12.7. The van der Waals surface area contributed by atoms with E-state index in [-0.39, 0.29) is 24.8 Å². The highest BCUT2D eigenvalue weighted by atomic mass is 19.4. The Labute approximate surface area is 172 Å². The predicted octanol–water partition coefficient (Wildman–Crippen LogP) is 1.96. The third-order valence-corrected chi connectivity index (χ3v) is 4.19. The first kappa shape index (κ1) is 23.2. The van der Waals surface area contributed by atoms with Crippen LogP contribution < -0.4 is 20.7 Å². The van der Waals surface area contributed by atoms with Gasteiger partial charge in [-0.25, -0.2) is 4.98 Å². The third-order valence-electron chi connectivity index (χ3n) is 4.19. The van der Waals surface area contributed by atoms with Gasteiger partial charge >= 0.3 is 6.18 Å². The molecule has 30 heavy (non-hydrogen) atoms. The molecule has 0 spiro atoms. The number of aryl methyl sites for hydroxylation is 1. The van der Waals surface area contributed by atoms with Gasteiger partial charge in [-0.1, -0.05) is 13.8 Å². The van der Waals surface area contributed by atoms with Crippen LogP contribution in [0.15, 0.2) is 29.3 Å². The van der Waals surface area contributed by atoms with E-state index in [1.165, 1.54) is 18.6 Å². The molecule has 0 saturated heterocycles. The van der Waals surface area contributed by atoms with E-state index in [0.717, 1.165) is 0 Å². The summed E-state index contributed by atoms with van der Waals surface area (Å²) in [4.78, 5) is 32.1. The van der Waals surface area contributed by atoms with Crippen LogP contribution in [0.1, 0.15) is 38.3 Å². The highest BCUT2D eigenvalue weighted by Crippen LogP contribution is 2.21. The highest BCUT2D eigenvalue weighted by molar-refractivity contribution is 6.03. The van der Waals surface area contributed by atoms with Crippen LogP contribution in [0.3, 0.4) is 0 Å². The normalized spacial score (nSPS) is 18.3. The molecule has 2 amide bonds. The number of aliphatic imine (C=N–C) groups is 1. The Morgan fingerprint density at radius 2 is 2.03 bits per heavy atom. The number of alkyl halides is 3. The molecule has 1 aliphatic rings. The molecule has 8 nitrogen and oxygen atoms in total. The molecule has 1 aromatic rings. The van der Waals surface area contributed by atoms with Crippen LogP contribution >= 0.6 is 0 Å². The van der Waals surface area contributed by atoms with Crippen molar-refractivity contribution in [2.75, 3.05) is 6.61 Å². The number of carbonyl (C=O) groups is 2. The van der Waals surface area contributed by atoms with E-state index in [4.69, 9.17) is 4.74 Å². The number of halogens is 3. The van der Waals surface area contributed by atoms with Crippen LogP contribution in [-0.2, 0) is 22.6 Å². The molecule has 0 aromatic carbocycles. The molecule has 0 bridgehead atoms. The standard InChI is InChI=1S/C19H24F3N5O3/c1-4-13-6-12(7-24-16(13)30-11-19(20,21)22)8-25-17(29)18(3)10-23-9-14(27-18)26-15(28)5-2/h6-7,9-10,27H,4-5,8,11H2,1-3H3,(H,25,29)(H,26,28). The largest absolute Gasteiger partial charge is 0.468 e. The summed E-state index contributed by atoms with van der Waals surface area (Å²) >= 11 is 0. The van der Waals surface area contributed by atoms with Crippen LogP contribution in [0.4, 0.5) is 13.2 Å².